The zero-order valence-electron chi connectivity index (χ0n) is 28.6. The number of hydrogen-bond donors (Lipinski definition) is 2. The zero-order valence-corrected chi connectivity index (χ0v) is 28.6. The van der Waals surface area contributed by atoms with Crippen molar-refractivity contribution in [1.82, 2.24) is 15.5 Å². The average Bonchev–Trinajstić information content (AvgIpc) is 3.09. The Morgan fingerprint density at radius 2 is 0.918 bits per heavy atom. The van der Waals surface area contributed by atoms with E-state index in [-0.39, 0.29) is 44.5 Å². The minimum atomic E-state index is -1.05. The molecule has 3 aromatic rings. The van der Waals surface area contributed by atoms with E-state index in [0.717, 1.165) is 16.0 Å². The van der Waals surface area contributed by atoms with E-state index in [9.17, 15) is 24.0 Å². The van der Waals surface area contributed by atoms with Crippen LogP contribution in [0.25, 0.3) is 0 Å². The monoisotopic (exact) mass is 673 g/mol. The van der Waals surface area contributed by atoms with Gasteiger partial charge in [-0.25, -0.2) is 14.4 Å². The molecule has 0 saturated heterocycles. The van der Waals surface area contributed by atoms with E-state index in [2.05, 4.69) is 10.6 Å². The van der Waals surface area contributed by atoms with Gasteiger partial charge in [-0.2, -0.15) is 0 Å². The second kappa shape index (κ2) is 20.2. The average molecular weight is 674 g/mol. The van der Waals surface area contributed by atoms with E-state index in [1.807, 2.05) is 94.4 Å². The number of nitrogens with zero attached hydrogens (tertiary/aromatic N) is 1. The molecule has 49 heavy (non-hydrogen) atoms. The summed E-state index contributed by atoms with van der Waals surface area (Å²) < 4.78 is 16.3. The molecule has 262 valence electrons. The topological polar surface area (TPSA) is 140 Å². The molecule has 0 aliphatic carbocycles. The van der Waals surface area contributed by atoms with Gasteiger partial charge in [-0.05, 0) is 28.5 Å². The van der Waals surface area contributed by atoms with Crippen LogP contribution >= 0.6 is 0 Å². The smallest absolute Gasteiger partial charge is 0.411 e. The highest BCUT2D eigenvalue weighted by atomic mass is 16.6. The lowest BCUT2D eigenvalue weighted by Crippen LogP contribution is -2.52. The quantitative estimate of drug-likeness (QED) is 0.149. The number of nitrogens with one attached hydrogen (secondary N) is 2. The van der Waals surface area contributed by atoms with Crippen LogP contribution in [0.2, 0.25) is 0 Å². The van der Waals surface area contributed by atoms with Gasteiger partial charge in [0.25, 0.3) is 0 Å². The van der Waals surface area contributed by atoms with E-state index < -0.39 is 55.0 Å². The first-order valence-electron chi connectivity index (χ1n) is 16.5. The number of esters is 2. The van der Waals surface area contributed by atoms with Crippen molar-refractivity contribution >= 4 is 29.8 Å². The summed E-state index contributed by atoms with van der Waals surface area (Å²) in [4.78, 5) is 67.1. The normalized spacial score (nSPS) is 12.0. The summed E-state index contributed by atoms with van der Waals surface area (Å²) in [5.41, 5.74) is 2.29. The molecule has 0 heterocycles. The first-order valence-corrected chi connectivity index (χ1v) is 16.5. The van der Waals surface area contributed by atoms with Crippen molar-refractivity contribution in [3.8, 4) is 0 Å². The molecule has 2 N–H and O–H groups in total. The van der Waals surface area contributed by atoms with Crippen molar-refractivity contribution < 1.29 is 38.2 Å². The lowest BCUT2D eigenvalue weighted by Gasteiger charge is -2.25. The molecule has 11 heteroatoms. The summed E-state index contributed by atoms with van der Waals surface area (Å²) in [6.45, 7) is 6.62. The Hall–Kier alpha value is -5.19. The maximum absolute atomic E-state index is 13.4. The third kappa shape index (κ3) is 14.6. The van der Waals surface area contributed by atoms with E-state index in [1.165, 1.54) is 0 Å². The van der Waals surface area contributed by atoms with Crippen molar-refractivity contribution in [3.63, 3.8) is 0 Å². The van der Waals surface area contributed by atoms with Crippen LogP contribution in [0, 0.1) is 11.8 Å². The Morgan fingerprint density at radius 3 is 1.29 bits per heavy atom. The fourth-order valence-corrected chi connectivity index (χ4v) is 4.61. The molecular weight excluding hydrogens is 626 g/mol. The van der Waals surface area contributed by atoms with E-state index in [1.54, 1.807) is 24.3 Å². The van der Waals surface area contributed by atoms with Gasteiger partial charge in [-0.1, -0.05) is 119 Å². The lowest BCUT2D eigenvalue weighted by atomic mass is 10.1. The van der Waals surface area contributed by atoms with Crippen LogP contribution in [0.3, 0.4) is 0 Å². The van der Waals surface area contributed by atoms with Gasteiger partial charge in [0, 0.05) is 12.8 Å². The van der Waals surface area contributed by atoms with Gasteiger partial charge in [0.15, 0.2) is 0 Å². The van der Waals surface area contributed by atoms with Crippen LogP contribution < -0.4 is 10.6 Å². The van der Waals surface area contributed by atoms with Gasteiger partial charge >= 0.3 is 18.0 Å². The predicted molar refractivity (Wildman–Crippen MR) is 184 cm³/mol. The molecule has 0 aliphatic heterocycles. The van der Waals surface area contributed by atoms with Crippen LogP contribution in [0.15, 0.2) is 91.0 Å². The summed E-state index contributed by atoms with van der Waals surface area (Å²) in [5.74, 6) is -2.48. The molecule has 0 aromatic heterocycles. The van der Waals surface area contributed by atoms with Crippen LogP contribution in [0.5, 0.6) is 0 Å². The second-order valence-electron chi connectivity index (χ2n) is 12.6. The van der Waals surface area contributed by atoms with Crippen LogP contribution in [0.4, 0.5) is 4.79 Å². The maximum atomic E-state index is 13.4. The van der Waals surface area contributed by atoms with Gasteiger partial charge in [-0.15, -0.1) is 0 Å². The van der Waals surface area contributed by atoms with Crippen molar-refractivity contribution in [2.45, 2.75) is 59.2 Å². The minimum absolute atomic E-state index is 0.0822. The van der Waals surface area contributed by atoms with E-state index >= 15 is 0 Å². The molecule has 0 saturated carbocycles. The Bertz CT molecular complexity index is 1400. The number of carbonyl (C=O) groups excluding carboxylic acids is 5. The summed E-state index contributed by atoms with van der Waals surface area (Å²) in [5, 5.41) is 5.34. The van der Waals surface area contributed by atoms with Gasteiger partial charge in [0.05, 0.1) is 13.2 Å². The van der Waals surface area contributed by atoms with Crippen LogP contribution in [-0.4, -0.2) is 73.1 Å². The molecule has 3 aromatic carbocycles. The molecule has 0 aliphatic rings. The largest absolute Gasteiger partial charge is 0.464 e. The Kier molecular flexibility index (Phi) is 15.8. The van der Waals surface area contributed by atoms with Crippen molar-refractivity contribution in [3.05, 3.63) is 108 Å². The maximum Gasteiger partial charge on any atom is 0.411 e. The first kappa shape index (κ1) is 38.3. The molecule has 2 atom stereocenters. The highest BCUT2D eigenvalue weighted by Crippen LogP contribution is 2.09. The molecule has 3 rings (SSSR count). The molecule has 3 amide bonds. The Labute approximate surface area is 288 Å². The minimum Gasteiger partial charge on any atom is -0.464 e. The standard InChI is InChI=1S/C38H47N3O8/c1-27(2)24-47-36(44)32(20-29-14-8-5-9-15-29)39-34(42)22-41(38(46)49-26-31-18-12-7-13-19-31)23-35(43)40-33(37(45)48-25-28(3)4)21-30-16-10-6-11-17-30/h5-19,27-28,32-33H,20-26H2,1-4H3,(H,39,42)(H,40,43)/t32-,33-/m0/s1. The number of hydrogen-bond acceptors (Lipinski definition) is 8. The molecule has 0 unspecified atom stereocenters. The number of benzene rings is 3. The lowest BCUT2D eigenvalue weighted by molar-refractivity contribution is -0.149. The number of rotatable bonds is 18. The van der Waals surface area contributed by atoms with E-state index in [0.29, 0.717) is 5.56 Å². The molecule has 11 nitrogen and oxygen atoms in total. The van der Waals surface area contributed by atoms with Crippen molar-refractivity contribution in [1.29, 1.82) is 0 Å². The van der Waals surface area contributed by atoms with Gasteiger partial charge in [0.2, 0.25) is 11.8 Å². The fourth-order valence-electron chi connectivity index (χ4n) is 4.61. The summed E-state index contributed by atoms with van der Waals surface area (Å²) in [6, 6.07) is 25.1. The zero-order chi connectivity index (χ0) is 35.6. The summed E-state index contributed by atoms with van der Waals surface area (Å²) in [6.07, 6.45) is -0.623. The number of carbonyl (C=O) groups is 5. The van der Waals surface area contributed by atoms with Gasteiger partial charge in [0.1, 0.15) is 31.8 Å². The highest BCUT2D eigenvalue weighted by molar-refractivity contribution is 5.91. The predicted octanol–water partition coefficient (Wildman–Crippen LogP) is 4.48. The SMILES string of the molecule is CC(C)COC(=O)[C@H](Cc1ccccc1)NC(=O)CN(CC(=O)N[C@@H](Cc1ccccc1)C(=O)OCC(C)C)C(=O)OCc1ccccc1. The second-order valence-corrected chi connectivity index (χ2v) is 12.6. The van der Waals surface area contributed by atoms with Crippen molar-refractivity contribution in [2.24, 2.45) is 11.8 Å². The third-order valence-corrected chi connectivity index (χ3v) is 7.05. The van der Waals surface area contributed by atoms with Crippen LogP contribution in [-0.2, 0) is 52.8 Å². The Balaban J connectivity index is 1.77. The summed E-state index contributed by atoms with van der Waals surface area (Å²) in [7, 11) is 0. The fraction of sp³-hybridized carbons (Fsp3) is 0.395. The van der Waals surface area contributed by atoms with Gasteiger partial charge < -0.3 is 24.8 Å². The third-order valence-electron chi connectivity index (χ3n) is 7.05. The number of amides is 3. The molecular formula is C38H47N3O8. The molecule has 0 bridgehead atoms. The molecule has 0 radical (unpaired) electrons. The van der Waals surface area contributed by atoms with Crippen LogP contribution in [0.1, 0.15) is 44.4 Å². The number of ether oxygens (including phenoxy) is 3. The summed E-state index contributed by atoms with van der Waals surface area (Å²) >= 11 is 0. The highest BCUT2D eigenvalue weighted by Gasteiger charge is 2.29. The van der Waals surface area contributed by atoms with E-state index in [4.69, 9.17) is 14.2 Å². The molecule has 0 fully saturated rings. The first-order chi connectivity index (χ1) is 23.5. The molecule has 0 spiro atoms. The van der Waals surface area contributed by atoms with Gasteiger partial charge in [-0.3, -0.25) is 14.5 Å². The Morgan fingerprint density at radius 1 is 0.551 bits per heavy atom. The van der Waals surface area contributed by atoms with Crippen molar-refractivity contribution in [2.75, 3.05) is 26.3 Å².